The van der Waals surface area contributed by atoms with Gasteiger partial charge in [-0.25, -0.2) is 9.97 Å². The summed E-state index contributed by atoms with van der Waals surface area (Å²) < 4.78 is 0. The fourth-order valence-electron chi connectivity index (χ4n) is 1.98. The Morgan fingerprint density at radius 1 is 1.39 bits per heavy atom. The van der Waals surface area contributed by atoms with E-state index in [4.69, 9.17) is 11.6 Å². The molecule has 0 saturated heterocycles. The Bertz CT molecular complexity index is 538. The maximum Gasteiger partial charge on any atom is 0.138 e. The number of nitrogens with one attached hydrogen (secondary N) is 1. The number of nitrogens with zero attached hydrogens (tertiary/aromatic N) is 2. The van der Waals surface area contributed by atoms with Crippen LogP contribution >= 0.6 is 22.9 Å². The van der Waals surface area contributed by atoms with Crippen LogP contribution in [0.15, 0.2) is 6.33 Å². The minimum atomic E-state index is 0.376. The summed E-state index contributed by atoms with van der Waals surface area (Å²) in [6.45, 7) is 6.42. The Labute approximate surface area is 117 Å². The van der Waals surface area contributed by atoms with Crippen molar-refractivity contribution >= 4 is 39.0 Å². The van der Waals surface area contributed by atoms with E-state index in [1.165, 1.54) is 10.4 Å². The van der Waals surface area contributed by atoms with Gasteiger partial charge in [0.15, 0.2) is 0 Å². The molecule has 2 heterocycles. The molecular weight excluding hydrogens is 266 g/mol. The zero-order valence-electron chi connectivity index (χ0n) is 11.0. The number of hydrogen-bond donors (Lipinski definition) is 1. The van der Waals surface area contributed by atoms with E-state index in [1.54, 1.807) is 17.7 Å². The van der Waals surface area contributed by atoms with Crippen LogP contribution < -0.4 is 5.32 Å². The summed E-state index contributed by atoms with van der Waals surface area (Å²) in [6, 6.07) is 0.376. The first-order valence-electron chi connectivity index (χ1n) is 6.16. The fourth-order valence-corrected chi connectivity index (χ4v) is 3.13. The molecule has 0 aliphatic carbocycles. The first-order valence-corrected chi connectivity index (χ1v) is 7.51. The highest BCUT2D eigenvalue weighted by Crippen LogP contribution is 2.32. The van der Waals surface area contributed by atoms with Crippen LogP contribution in [0, 0.1) is 13.8 Å². The minimum Gasteiger partial charge on any atom is -0.367 e. The lowest BCUT2D eigenvalue weighted by atomic mass is 10.1. The lowest BCUT2D eigenvalue weighted by Crippen LogP contribution is -2.16. The average molecular weight is 284 g/mol. The molecule has 0 saturated carbocycles. The zero-order valence-corrected chi connectivity index (χ0v) is 12.5. The Morgan fingerprint density at radius 3 is 2.89 bits per heavy atom. The second kappa shape index (κ2) is 5.85. The molecule has 3 nitrogen and oxygen atoms in total. The Balaban J connectivity index is 2.27. The quantitative estimate of drug-likeness (QED) is 0.839. The Hall–Kier alpha value is -0.870. The SMILES string of the molecule is Cc1sc2ncnc(NC(C)CCCCl)c2c1C. The lowest BCUT2D eigenvalue weighted by Gasteiger charge is -2.14. The van der Waals surface area contributed by atoms with Gasteiger partial charge < -0.3 is 5.32 Å². The molecular formula is C13H18ClN3S. The van der Waals surface area contributed by atoms with Crippen LogP contribution in [0.4, 0.5) is 5.82 Å². The predicted octanol–water partition coefficient (Wildman–Crippen LogP) is 4.13. The summed E-state index contributed by atoms with van der Waals surface area (Å²) in [6.07, 6.45) is 3.71. The maximum absolute atomic E-state index is 5.72. The number of aromatic nitrogens is 2. The van der Waals surface area contributed by atoms with Gasteiger partial charge >= 0.3 is 0 Å². The number of hydrogen-bond acceptors (Lipinski definition) is 4. The molecule has 0 aromatic carbocycles. The van der Waals surface area contributed by atoms with E-state index < -0.39 is 0 Å². The van der Waals surface area contributed by atoms with Crippen LogP contribution in [-0.2, 0) is 0 Å². The van der Waals surface area contributed by atoms with Crippen LogP contribution in [0.25, 0.3) is 10.2 Å². The van der Waals surface area contributed by atoms with Crippen LogP contribution in [0.3, 0.4) is 0 Å². The average Bonchev–Trinajstić information content (AvgIpc) is 2.64. The molecule has 0 aliphatic heterocycles. The summed E-state index contributed by atoms with van der Waals surface area (Å²) in [5, 5.41) is 4.64. The largest absolute Gasteiger partial charge is 0.367 e. The number of fused-ring (bicyclic) bond motifs is 1. The Kier molecular flexibility index (Phi) is 4.40. The molecule has 0 aliphatic rings. The number of anilines is 1. The van der Waals surface area contributed by atoms with E-state index in [2.05, 4.69) is 36.1 Å². The minimum absolute atomic E-state index is 0.376. The summed E-state index contributed by atoms with van der Waals surface area (Å²) >= 11 is 7.45. The normalized spacial score (nSPS) is 12.9. The van der Waals surface area contributed by atoms with Gasteiger partial charge in [-0.2, -0.15) is 0 Å². The van der Waals surface area contributed by atoms with Crippen molar-refractivity contribution in [3.8, 4) is 0 Å². The molecule has 1 unspecified atom stereocenters. The number of aryl methyl sites for hydroxylation is 2. The van der Waals surface area contributed by atoms with Crippen LogP contribution in [0.1, 0.15) is 30.2 Å². The topological polar surface area (TPSA) is 37.8 Å². The molecule has 0 fully saturated rings. The fraction of sp³-hybridized carbons (Fsp3) is 0.538. The summed E-state index contributed by atoms with van der Waals surface area (Å²) in [5.74, 6) is 1.66. The lowest BCUT2D eigenvalue weighted by molar-refractivity contribution is 0.691. The summed E-state index contributed by atoms with van der Waals surface area (Å²) in [7, 11) is 0. The number of rotatable bonds is 5. The van der Waals surface area contributed by atoms with E-state index in [0.29, 0.717) is 11.9 Å². The smallest absolute Gasteiger partial charge is 0.138 e. The molecule has 2 aromatic rings. The van der Waals surface area contributed by atoms with Gasteiger partial charge in [-0.05, 0) is 39.2 Å². The highest BCUT2D eigenvalue weighted by Gasteiger charge is 2.13. The van der Waals surface area contributed by atoms with Crippen LogP contribution in [0.2, 0.25) is 0 Å². The van der Waals surface area contributed by atoms with Gasteiger partial charge in [0.1, 0.15) is 17.0 Å². The van der Waals surface area contributed by atoms with E-state index in [0.717, 1.165) is 28.9 Å². The van der Waals surface area contributed by atoms with Crippen molar-refractivity contribution in [3.05, 3.63) is 16.8 Å². The van der Waals surface area contributed by atoms with Crippen molar-refractivity contribution < 1.29 is 0 Å². The van der Waals surface area contributed by atoms with Crippen molar-refractivity contribution in [1.29, 1.82) is 0 Å². The second-order valence-electron chi connectivity index (χ2n) is 4.56. The van der Waals surface area contributed by atoms with Crippen LogP contribution in [-0.4, -0.2) is 21.9 Å². The summed E-state index contributed by atoms with van der Waals surface area (Å²) in [4.78, 5) is 11.1. The van der Waals surface area contributed by atoms with Gasteiger partial charge in [-0.3, -0.25) is 0 Å². The first kappa shape index (κ1) is 13.6. The van der Waals surface area contributed by atoms with Crippen molar-refractivity contribution in [2.24, 2.45) is 0 Å². The molecule has 1 atom stereocenters. The number of halogens is 1. The van der Waals surface area contributed by atoms with Crippen LogP contribution in [0.5, 0.6) is 0 Å². The van der Waals surface area contributed by atoms with E-state index >= 15 is 0 Å². The van der Waals surface area contributed by atoms with Crippen molar-refractivity contribution in [3.63, 3.8) is 0 Å². The predicted molar refractivity (Wildman–Crippen MR) is 79.9 cm³/mol. The van der Waals surface area contributed by atoms with Gasteiger partial charge in [-0.1, -0.05) is 0 Å². The molecule has 0 radical (unpaired) electrons. The highest BCUT2D eigenvalue weighted by molar-refractivity contribution is 7.18. The molecule has 18 heavy (non-hydrogen) atoms. The molecule has 2 rings (SSSR count). The van der Waals surface area contributed by atoms with Gasteiger partial charge in [0.2, 0.25) is 0 Å². The number of thiophene rings is 1. The monoisotopic (exact) mass is 283 g/mol. The summed E-state index contributed by atoms with van der Waals surface area (Å²) in [5.41, 5.74) is 1.28. The maximum atomic E-state index is 5.72. The van der Waals surface area contributed by atoms with Gasteiger partial charge in [0, 0.05) is 16.8 Å². The molecule has 0 bridgehead atoms. The Morgan fingerprint density at radius 2 is 2.17 bits per heavy atom. The van der Waals surface area contributed by atoms with Crippen molar-refractivity contribution in [1.82, 2.24) is 9.97 Å². The molecule has 0 amide bonds. The molecule has 2 aromatic heterocycles. The van der Waals surface area contributed by atoms with Crippen molar-refractivity contribution in [2.45, 2.75) is 39.7 Å². The molecule has 1 N–H and O–H groups in total. The van der Waals surface area contributed by atoms with Gasteiger partial charge in [-0.15, -0.1) is 22.9 Å². The van der Waals surface area contributed by atoms with Gasteiger partial charge in [0.25, 0.3) is 0 Å². The van der Waals surface area contributed by atoms with E-state index in [9.17, 15) is 0 Å². The number of alkyl halides is 1. The van der Waals surface area contributed by atoms with E-state index in [-0.39, 0.29) is 0 Å². The van der Waals surface area contributed by atoms with E-state index in [1.807, 2.05) is 0 Å². The van der Waals surface area contributed by atoms with Crippen molar-refractivity contribution in [2.75, 3.05) is 11.2 Å². The second-order valence-corrected chi connectivity index (χ2v) is 6.14. The third-order valence-corrected chi connectivity index (χ3v) is 4.50. The third-order valence-electron chi connectivity index (χ3n) is 3.12. The third kappa shape index (κ3) is 2.75. The van der Waals surface area contributed by atoms with Gasteiger partial charge in [0.05, 0.1) is 5.39 Å². The highest BCUT2D eigenvalue weighted by atomic mass is 35.5. The molecule has 5 heteroatoms. The standard InChI is InChI=1S/C13H18ClN3S/c1-8(5-4-6-14)17-12-11-9(2)10(3)18-13(11)16-7-15-12/h7-8H,4-6H2,1-3H3,(H,15,16,17). The first-order chi connectivity index (χ1) is 8.63. The molecule has 0 spiro atoms. The zero-order chi connectivity index (χ0) is 13.1. The molecule has 98 valence electrons.